The molecule has 0 spiro atoms. The molecule has 2 heteroatoms. The number of piperidine rings is 1. The van der Waals surface area contributed by atoms with E-state index in [1.54, 1.807) is 0 Å². The zero-order valence-electron chi connectivity index (χ0n) is 11.9. The standard InChI is InChI=1S/C15H27NO/c1-12(2)14(3)8-10-16(11-9-14)13(17)15(4)6-5-7-15/h12H,5-11H2,1-4H3. The van der Waals surface area contributed by atoms with Gasteiger partial charge in [-0.05, 0) is 37.0 Å². The first-order valence-corrected chi connectivity index (χ1v) is 7.17. The fourth-order valence-electron chi connectivity index (χ4n) is 3.10. The van der Waals surface area contributed by atoms with Gasteiger partial charge in [0.15, 0.2) is 0 Å². The fourth-order valence-corrected chi connectivity index (χ4v) is 3.10. The van der Waals surface area contributed by atoms with Gasteiger partial charge in [-0.3, -0.25) is 4.79 Å². The lowest BCUT2D eigenvalue weighted by Gasteiger charge is -2.46. The average molecular weight is 237 g/mol. The minimum Gasteiger partial charge on any atom is -0.342 e. The molecule has 1 saturated heterocycles. The largest absolute Gasteiger partial charge is 0.342 e. The third kappa shape index (κ3) is 2.23. The molecule has 1 aliphatic heterocycles. The fraction of sp³-hybridized carbons (Fsp3) is 0.933. The number of likely N-dealkylation sites (tertiary alicyclic amines) is 1. The molecule has 0 aromatic rings. The SMILES string of the molecule is CC(C)C1(C)CCN(C(=O)C2(C)CCC2)CC1. The minimum absolute atomic E-state index is 0.00836. The third-order valence-corrected chi connectivity index (χ3v) is 5.56. The van der Waals surface area contributed by atoms with Crippen LogP contribution in [0.4, 0.5) is 0 Å². The molecule has 17 heavy (non-hydrogen) atoms. The molecule has 2 aliphatic rings. The molecule has 0 unspecified atom stereocenters. The molecular formula is C15H27NO. The second-order valence-electron chi connectivity index (χ2n) is 7.02. The topological polar surface area (TPSA) is 20.3 Å². The van der Waals surface area contributed by atoms with Crippen LogP contribution in [0, 0.1) is 16.7 Å². The first-order valence-electron chi connectivity index (χ1n) is 7.17. The Hall–Kier alpha value is -0.530. The van der Waals surface area contributed by atoms with E-state index in [1.165, 1.54) is 19.3 Å². The van der Waals surface area contributed by atoms with Crippen LogP contribution in [0.15, 0.2) is 0 Å². The first-order chi connectivity index (χ1) is 7.87. The maximum atomic E-state index is 12.4. The van der Waals surface area contributed by atoms with Crippen LogP contribution in [0.1, 0.15) is 59.8 Å². The summed E-state index contributed by atoms with van der Waals surface area (Å²) in [5, 5.41) is 0. The summed E-state index contributed by atoms with van der Waals surface area (Å²) in [6, 6.07) is 0. The monoisotopic (exact) mass is 237 g/mol. The van der Waals surface area contributed by atoms with Crippen molar-refractivity contribution in [3.63, 3.8) is 0 Å². The molecular weight excluding hydrogens is 210 g/mol. The Balaban J connectivity index is 1.93. The highest BCUT2D eigenvalue weighted by atomic mass is 16.2. The van der Waals surface area contributed by atoms with Crippen LogP contribution in [-0.4, -0.2) is 23.9 Å². The van der Waals surface area contributed by atoms with E-state index in [4.69, 9.17) is 0 Å². The zero-order chi connectivity index (χ0) is 12.7. The minimum atomic E-state index is -0.00836. The van der Waals surface area contributed by atoms with E-state index in [0.29, 0.717) is 11.3 Å². The lowest BCUT2D eigenvalue weighted by atomic mass is 9.68. The van der Waals surface area contributed by atoms with Gasteiger partial charge < -0.3 is 4.90 Å². The summed E-state index contributed by atoms with van der Waals surface area (Å²) in [5.41, 5.74) is 0.433. The normalized spacial score (nSPS) is 26.8. The van der Waals surface area contributed by atoms with Crippen LogP contribution in [-0.2, 0) is 4.79 Å². The van der Waals surface area contributed by atoms with Gasteiger partial charge in [-0.1, -0.05) is 34.1 Å². The Morgan fingerprint density at radius 3 is 1.94 bits per heavy atom. The van der Waals surface area contributed by atoms with Crippen molar-refractivity contribution in [1.29, 1.82) is 0 Å². The second kappa shape index (κ2) is 4.29. The molecule has 2 nitrogen and oxygen atoms in total. The Morgan fingerprint density at radius 2 is 1.59 bits per heavy atom. The maximum Gasteiger partial charge on any atom is 0.228 e. The van der Waals surface area contributed by atoms with Gasteiger partial charge >= 0.3 is 0 Å². The number of hydrogen-bond donors (Lipinski definition) is 0. The van der Waals surface area contributed by atoms with Gasteiger partial charge in [-0.15, -0.1) is 0 Å². The molecule has 1 saturated carbocycles. The van der Waals surface area contributed by atoms with Crippen LogP contribution in [0.2, 0.25) is 0 Å². The maximum absolute atomic E-state index is 12.4. The van der Waals surface area contributed by atoms with Gasteiger partial charge in [0, 0.05) is 18.5 Å². The van der Waals surface area contributed by atoms with E-state index in [9.17, 15) is 4.79 Å². The second-order valence-corrected chi connectivity index (χ2v) is 7.02. The van der Waals surface area contributed by atoms with Crippen molar-refractivity contribution in [2.75, 3.05) is 13.1 Å². The van der Waals surface area contributed by atoms with Crippen molar-refractivity contribution in [1.82, 2.24) is 4.90 Å². The van der Waals surface area contributed by atoms with Crippen LogP contribution >= 0.6 is 0 Å². The molecule has 0 N–H and O–H groups in total. The van der Waals surface area contributed by atoms with E-state index in [1.807, 2.05) is 0 Å². The van der Waals surface area contributed by atoms with Crippen molar-refractivity contribution in [2.24, 2.45) is 16.7 Å². The number of carbonyl (C=O) groups excluding carboxylic acids is 1. The first kappa shape index (κ1) is 12.9. The van der Waals surface area contributed by atoms with E-state index >= 15 is 0 Å². The van der Waals surface area contributed by atoms with Gasteiger partial charge in [0.2, 0.25) is 5.91 Å². The number of nitrogens with zero attached hydrogens (tertiary/aromatic N) is 1. The van der Waals surface area contributed by atoms with E-state index in [2.05, 4.69) is 32.6 Å². The van der Waals surface area contributed by atoms with E-state index in [-0.39, 0.29) is 5.41 Å². The summed E-state index contributed by atoms with van der Waals surface area (Å²) in [6.07, 6.45) is 5.78. The van der Waals surface area contributed by atoms with Crippen molar-refractivity contribution < 1.29 is 4.79 Å². The van der Waals surface area contributed by atoms with Crippen molar-refractivity contribution in [3.05, 3.63) is 0 Å². The van der Waals surface area contributed by atoms with Gasteiger partial charge in [0.1, 0.15) is 0 Å². The molecule has 1 heterocycles. The number of hydrogen-bond acceptors (Lipinski definition) is 1. The highest BCUT2D eigenvalue weighted by Gasteiger charge is 2.44. The quantitative estimate of drug-likeness (QED) is 0.720. The predicted octanol–water partition coefficient (Wildman–Crippen LogP) is 3.46. The third-order valence-electron chi connectivity index (χ3n) is 5.56. The summed E-state index contributed by atoms with van der Waals surface area (Å²) in [5.74, 6) is 1.15. The zero-order valence-corrected chi connectivity index (χ0v) is 11.9. The highest BCUT2D eigenvalue weighted by Crippen LogP contribution is 2.44. The van der Waals surface area contributed by atoms with Crippen molar-refractivity contribution in [2.45, 2.75) is 59.8 Å². The summed E-state index contributed by atoms with van der Waals surface area (Å²) in [4.78, 5) is 14.5. The van der Waals surface area contributed by atoms with Crippen molar-refractivity contribution >= 4 is 5.91 Å². The van der Waals surface area contributed by atoms with Crippen LogP contribution in [0.25, 0.3) is 0 Å². The Morgan fingerprint density at radius 1 is 1.06 bits per heavy atom. The van der Waals surface area contributed by atoms with Crippen molar-refractivity contribution in [3.8, 4) is 0 Å². The summed E-state index contributed by atoms with van der Waals surface area (Å²) in [6.45, 7) is 11.1. The summed E-state index contributed by atoms with van der Waals surface area (Å²) < 4.78 is 0. The van der Waals surface area contributed by atoms with Gasteiger partial charge in [-0.2, -0.15) is 0 Å². The summed E-state index contributed by atoms with van der Waals surface area (Å²) in [7, 11) is 0. The van der Waals surface area contributed by atoms with E-state index in [0.717, 1.165) is 31.8 Å². The molecule has 2 rings (SSSR count). The highest BCUT2D eigenvalue weighted by molar-refractivity contribution is 5.83. The molecule has 0 aromatic heterocycles. The molecule has 0 atom stereocenters. The molecule has 2 fully saturated rings. The number of rotatable bonds is 2. The number of carbonyl (C=O) groups is 1. The average Bonchev–Trinajstić information content (AvgIpc) is 2.26. The van der Waals surface area contributed by atoms with Gasteiger partial charge in [-0.25, -0.2) is 0 Å². The Labute approximate surface area is 106 Å². The lowest BCUT2D eigenvalue weighted by Crippen LogP contribution is -2.51. The van der Waals surface area contributed by atoms with Crippen LogP contribution in [0.5, 0.6) is 0 Å². The molecule has 1 amide bonds. The molecule has 0 bridgehead atoms. The van der Waals surface area contributed by atoms with Crippen LogP contribution in [0.3, 0.4) is 0 Å². The van der Waals surface area contributed by atoms with E-state index < -0.39 is 0 Å². The molecule has 1 aliphatic carbocycles. The smallest absolute Gasteiger partial charge is 0.228 e. The van der Waals surface area contributed by atoms with Gasteiger partial charge in [0.05, 0.1) is 0 Å². The molecule has 98 valence electrons. The Kier molecular flexibility index (Phi) is 3.26. The lowest BCUT2D eigenvalue weighted by molar-refractivity contribution is -0.148. The number of amides is 1. The Bertz CT molecular complexity index is 296. The van der Waals surface area contributed by atoms with Crippen LogP contribution < -0.4 is 0 Å². The molecule has 0 aromatic carbocycles. The predicted molar refractivity (Wildman–Crippen MR) is 70.7 cm³/mol. The van der Waals surface area contributed by atoms with Gasteiger partial charge in [0.25, 0.3) is 0 Å². The summed E-state index contributed by atoms with van der Waals surface area (Å²) >= 11 is 0. The molecule has 0 radical (unpaired) electrons.